The minimum atomic E-state index is -4.66. The maximum absolute atomic E-state index is 12.3. The van der Waals surface area contributed by atoms with E-state index in [1.165, 1.54) is 0 Å². The zero-order chi connectivity index (χ0) is 14.4. The molecule has 6 heteroatoms. The van der Waals surface area contributed by atoms with Crippen molar-refractivity contribution in [2.75, 3.05) is 26.0 Å². The molecule has 2 N–H and O–H groups in total. The Labute approximate surface area is 70.5 Å². The van der Waals surface area contributed by atoms with Crippen LogP contribution in [-0.4, -0.2) is 35.3 Å². The highest BCUT2D eigenvalue weighted by atomic mass is 31.2. The van der Waals surface area contributed by atoms with E-state index in [9.17, 15) is 4.57 Å². The monoisotopic (exact) mass is 171 g/mol. The lowest BCUT2D eigenvalue weighted by molar-refractivity contribution is 0.283. The third-order valence-electron chi connectivity index (χ3n) is 1.07. The summed E-state index contributed by atoms with van der Waals surface area (Å²) in [5, 5.41) is 0. The maximum atomic E-state index is 12.3. The lowest BCUT2D eigenvalue weighted by Gasteiger charge is -2.15. The number of nitrogens with two attached hydrogens (primary N) is 1. The van der Waals surface area contributed by atoms with Gasteiger partial charge in [0.25, 0.3) is 0 Å². The molecule has 0 aromatic heterocycles. The highest BCUT2D eigenvalue weighted by Crippen LogP contribution is 2.59. The SMILES string of the molecule is [2H]C1([2H])N(P(=O)(ON)N2C([2H])([2H])C2([2H])[2H])C1([2H])[2H]. The zero-order valence-electron chi connectivity index (χ0n) is 12.7. The third kappa shape index (κ3) is 0.909. The summed E-state index contributed by atoms with van der Waals surface area (Å²) in [6.07, 6.45) is 0. The molecule has 0 radical (unpaired) electrons. The van der Waals surface area contributed by atoms with Crippen molar-refractivity contribution in [3.05, 3.63) is 0 Å². The van der Waals surface area contributed by atoms with Crippen molar-refractivity contribution in [1.29, 1.82) is 0 Å². The Bertz CT molecular complexity index is 390. The molecule has 5 nitrogen and oxygen atoms in total. The van der Waals surface area contributed by atoms with Crippen molar-refractivity contribution in [2.24, 2.45) is 5.90 Å². The van der Waals surface area contributed by atoms with Crippen LogP contribution in [0.1, 0.15) is 11.0 Å². The first-order valence-electron chi connectivity index (χ1n) is 6.40. The Morgan fingerprint density at radius 2 is 1.80 bits per heavy atom. The fourth-order valence-electron chi connectivity index (χ4n) is 0.481. The molecule has 0 saturated carbocycles. The Balaban J connectivity index is 2.40. The smallest absolute Gasteiger partial charge is 0.254 e. The maximum Gasteiger partial charge on any atom is 0.362 e. The van der Waals surface area contributed by atoms with Crippen LogP contribution in [0.4, 0.5) is 0 Å². The summed E-state index contributed by atoms with van der Waals surface area (Å²) < 4.78 is 74.9. The van der Waals surface area contributed by atoms with Crippen LogP contribution in [0.25, 0.3) is 0 Å². The largest absolute Gasteiger partial charge is 0.362 e. The normalized spacial score (nSPS) is 58.9. The molecule has 0 aromatic rings. The Hall–Kier alpha value is 0.0700. The van der Waals surface area contributed by atoms with Gasteiger partial charge in [-0.1, -0.05) is 0 Å². The van der Waals surface area contributed by atoms with Crippen molar-refractivity contribution in [3.63, 3.8) is 0 Å². The molecule has 58 valence electrons. The second-order valence-electron chi connectivity index (χ2n) is 1.67. The highest BCUT2D eigenvalue weighted by molar-refractivity contribution is 7.54. The zero-order valence-corrected chi connectivity index (χ0v) is 5.63. The fraction of sp³-hybridized carbons (Fsp3) is 1.00. The average Bonchev–Trinajstić information content (AvgIpc) is 2.75. The van der Waals surface area contributed by atoms with E-state index in [-0.39, 0.29) is 9.34 Å². The van der Waals surface area contributed by atoms with Gasteiger partial charge in [-0.3, -0.25) is 4.57 Å². The van der Waals surface area contributed by atoms with Crippen molar-refractivity contribution in [1.82, 2.24) is 9.34 Å². The Morgan fingerprint density at radius 1 is 1.40 bits per heavy atom. The minimum Gasteiger partial charge on any atom is -0.254 e. The summed E-state index contributed by atoms with van der Waals surface area (Å²) in [5.74, 6) is 4.76. The second kappa shape index (κ2) is 2.03. The summed E-state index contributed by atoms with van der Waals surface area (Å²) >= 11 is 0. The van der Waals surface area contributed by atoms with Gasteiger partial charge in [0, 0.05) is 37.0 Å². The lowest BCUT2D eigenvalue weighted by atomic mass is 11.0. The number of rotatable bonds is 3. The molecule has 2 heterocycles. The molecule has 0 atom stereocenters. The molecule has 0 aliphatic carbocycles. The van der Waals surface area contributed by atoms with Crippen LogP contribution in [0.2, 0.25) is 0 Å². The van der Waals surface area contributed by atoms with E-state index in [2.05, 4.69) is 4.62 Å². The molecule has 2 fully saturated rings. The van der Waals surface area contributed by atoms with E-state index < -0.39 is 33.7 Å². The Morgan fingerprint density at radius 3 is 2.00 bits per heavy atom. The summed E-state index contributed by atoms with van der Waals surface area (Å²) in [6, 6.07) is 0. The van der Waals surface area contributed by atoms with Gasteiger partial charge in [-0.05, 0) is 0 Å². The van der Waals surface area contributed by atoms with Crippen molar-refractivity contribution in [2.45, 2.75) is 0 Å². The average molecular weight is 171 g/mol. The first-order chi connectivity index (χ1) is 7.79. The quantitative estimate of drug-likeness (QED) is 0.356. The topological polar surface area (TPSA) is 58.3 Å². The molecule has 2 aliphatic heterocycles. The van der Waals surface area contributed by atoms with Gasteiger partial charge in [-0.2, -0.15) is 0 Å². The van der Waals surface area contributed by atoms with Gasteiger partial charge in [-0.25, -0.2) is 19.9 Å². The van der Waals surface area contributed by atoms with Crippen molar-refractivity contribution < 1.29 is 20.2 Å². The van der Waals surface area contributed by atoms with Crippen LogP contribution in [-0.2, 0) is 9.19 Å². The molecular weight excluding hydrogens is 153 g/mol. The van der Waals surface area contributed by atoms with E-state index in [1.807, 2.05) is 0 Å². The number of hydrogen-bond donors (Lipinski definition) is 1. The molecule has 2 rings (SSSR count). The minimum absolute atomic E-state index is 0.107. The number of nitrogens with zero attached hydrogens (tertiary/aromatic N) is 2. The van der Waals surface area contributed by atoms with Crippen LogP contribution in [0.15, 0.2) is 0 Å². The fourth-order valence-corrected chi connectivity index (χ4v) is 1.44. The molecule has 0 bridgehead atoms. The molecule has 0 amide bonds. The predicted molar refractivity (Wildman–Crippen MR) is 36.0 cm³/mol. The third-order valence-corrected chi connectivity index (χ3v) is 2.75. The van der Waals surface area contributed by atoms with Crippen LogP contribution in [0.3, 0.4) is 0 Å². The van der Waals surface area contributed by atoms with Crippen molar-refractivity contribution >= 4 is 7.67 Å². The van der Waals surface area contributed by atoms with E-state index in [4.69, 9.17) is 16.9 Å². The molecule has 0 aromatic carbocycles. The van der Waals surface area contributed by atoms with Gasteiger partial charge < -0.3 is 0 Å². The summed E-state index contributed by atoms with van der Waals surface area (Å²) in [6.45, 7) is -10.7. The van der Waals surface area contributed by atoms with Crippen LogP contribution in [0.5, 0.6) is 0 Å². The van der Waals surface area contributed by atoms with Crippen LogP contribution >= 0.6 is 7.67 Å². The first-order valence-corrected chi connectivity index (χ1v) is 3.93. The van der Waals surface area contributed by atoms with E-state index in [0.717, 1.165) is 0 Å². The molecule has 10 heavy (non-hydrogen) atoms. The van der Waals surface area contributed by atoms with Crippen molar-refractivity contribution in [3.8, 4) is 0 Å². The highest BCUT2D eigenvalue weighted by Gasteiger charge is 2.49. The molecule has 0 spiro atoms. The van der Waals surface area contributed by atoms with Crippen LogP contribution < -0.4 is 5.90 Å². The van der Waals surface area contributed by atoms with Gasteiger partial charge in [0.2, 0.25) is 0 Å². The number of hydrogen-bond acceptors (Lipinski definition) is 3. The van der Waals surface area contributed by atoms with Crippen LogP contribution in [0, 0.1) is 0 Å². The molecule has 2 aliphatic rings. The van der Waals surface area contributed by atoms with Gasteiger partial charge in [0.1, 0.15) is 0 Å². The molecule has 2 saturated heterocycles. The van der Waals surface area contributed by atoms with E-state index in [0.29, 0.717) is 0 Å². The van der Waals surface area contributed by atoms with Gasteiger partial charge >= 0.3 is 7.67 Å². The molecular formula is C4H10N3O2P. The van der Waals surface area contributed by atoms with Gasteiger partial charge in [-0.15, -0.1) is 0 Å². The Kier molecular flexibility index (Phi) is 0.462. The summed E-state index contributed by atoms with van der Waals surface area (Å²) in [4.78, 5) is 0. The summed E-state index contributed by atoms with van der Waals surface area (Å²) in [7, 11) is -4.66. The predicted octanol–water partition coefficient (Wildman–Crippen LogP) is -0.384. The summed E-state index contributed by atoms with van der Waals surface area (Å²) in [5.41, 5.74) is 0. The van der Waals surface area contributed by atoms with E-state index in [1.54, 1.807) is 0 Å². The molecule has 0 unspecified atom stereocenters. The second-order valence-corrected chi connectivity index (χ2v) is 3.66. The lowest BCUT2D eigenvalue weighted by Crippen LogP contribution is -2.11. The first kappa shape index (κ1) is 2.28. The van der Waals surface area contributed by atoms with Gasteiger partial charge in [0.05, 0.1) is 0 Å². The van der Waals surface area contributed by atoms with Gasteiger partial charge in [0.15, 0.2) is 0 Å². The standard InChI is InChI=1S/C4H10N3O2P/c5-9-10(8,6-1-2-6)7-3-4-7/h1-5H2/i1D2,2D2,3D2,4D2. The van der Waals surface area contributed by atoms with E-state index >= 15 is 0 Å².